The highest BCUT2D eigenvalue weighted by Crippen LogP contribution is 2.12. The summed E-state index contributed by atoms with van der Waals surface area (Å²) in [5.41, 5.74) is 0. The van der Waals surface area contributed by atoms with Gasteiger partial charge in [0.2, 0.25) is 0 Å². The summed E-state index contributed by atoms with van der Waals surface area (Å²) < 4.78 is 0. The molecule has 0 amide bonds. The Labute approximate surface area is 102 Å². The number of rotatable bonds is 5. The minimum absolute atomic E-state index is 0.692. The van der Waals surface area contributed by atoms with Crippen LogP contribution in [0.1, 0.15) is 31.2 Å². The van der Waals surface area contributed by atoms with Gasteiger partial charge in [-0.15, -0.1) is 11.3 Å². The summed E-state index contributed by atoms with van der Waals surface area (Å²) in [6.07, 6.45) is 5.72. The number of nitrogens with one attached hydrogen (secondary N) is 1. The molecule has 0 saturated carbocycles. The van der Waals surface area contributed by atoms with Gasteiger partial charge in [-0.3, -0.25) is 0 Å². The van der Waals surface area contributed by atoms with Crippen molar-refractivity contribution < 1.29 is 0 Å². The predicted octanol–water partition coefficient (Wildman–Crippen LogP) is 2.11. The van der Waals surface area contributed by atoms with Crippen molar-refractivity contribution in [2.24, 2.45) is 0 Å². The van der Waals surface area contributed by atoms with Crippen LogP contribution in [0.3, 0.4) is 0 Å². The van der Waals surface area contributed by atoms with E-state index in [1.54, 1.807) is 11.3 Å². The van der Waals surface area contributed by atoms with Gasteiger partial charge in [-0.05, 0) is 38.9 Å². The summed E-state index contributed by atoms with van der Waals surface area (Å²) in [4.78, 5) is 6.86. The van der Waals surface area contributed by atoms with E-state index in [4.69, 9.17) is 0 Å². The Bertz CT molecular complexity index is 278. The van der Waals surface area contributed by atoms with Crippen LogP contribution in [0.15, 0.2) is 11.6 Å². The molecule has 1 N–H and O–H groups in total. The summed E-state index contributed by atoms with van der Waals surface area (Å²) in [6.45, 7) is 6.97. The summed E-state index contributed by atoms with van der Waals surface area (Å²) >= 11 is 1.74. The second kappa shape index (κ2) is 6.33. The maximum Gasteiger partial charge on any atom is 0.106 e. The van der Waals surface area contributed by atoms with Crippen molar-refractivity contribution in [1.82, 2.24) is 15.2 Å². The summed E-state index contributed by atoms with van der Waals surface area (Å²) in [6, 6.07) is 0.692. The fourth-order valence-electron chi connectivity index (χ4n) is 2.25. The van der Waals surface area contributed by atoms with Crippen molar-refractivity contribution in [2.45, 2.75) is 38.8 Å². The lowest BCUT2D eigenvalue weighted by atomic mass is 10.1. The second-order valence-electron chi connectivity index (χ2n) is 4.42. The third-order valence-electron chi connectivity index (χ3n) is 3.15. The molecule has 2 rings (SSSR count). The first-order valence-electron chi connectivity index (χ1n) is 6.22. The zero-order valence-electron chi connectivity index (χ0n) is 9.98. The molecule has 1 aromatic heterocycles. The predicted molar refractivity (Wildman–Crippen MR) is 68.7 cm³/mol. The minimum atomic E-state index is 0.692. The maximum absolute atomic E-state index is 4.29. The number of likely N-dealkylation sites (tertiary alicyclic amines) is 1. The molecule has 2 heterocycles. The third-order valence-corrected chi connectivity index (χ3v) is 3.93. The van der Waals surface area contributed by atoms with E-state index in [-0.39, 0.29) is 0 Å². The monoisotopic (exact) mass is 239 g/mol. The average Bonchev–Trinajstić information content (AvgIpc) is 2.82. The summed E-state index contributed by atoms with van der Waals surface area (Å²) in [7, 11) is 0. The molecule has 0 bridgehead atoms. The zero-order valence-corrected chi connectivity index (χ0v) is 10.8. The molecular weight excluding hydrogens is 218 g/mol. The molecule has 90 valence electrons. The van der Waals surface area contributed by atoms with E-state index in [9.17, 15) is 0 Å². The molecular formula is C12H21N3S. The number of thiazole rings is 1. The van der Waals surface area contributed by atoms with Crippen LogP contribution in [0, 0.1) is 0 Å². The van der Waals surface area contributed by atoms with Gasteiger partial charge in [-0.25, -0.2) is 4.98 Å². The Morgan fingerprint density at radius 3 is 2.94 bits per heavy atom. The van der Waals surface area contributed by atoms with Gasteiger partial charge in [0, 0.05) is 24.2 Å². The zero-order chi connectivity index (χ0) is 11.2. The highest BCUT2D eigenvalue weighted by molar-refractivity contribution is 7.09. The molecule has 4 heteroatoms. The first kappa shape index (κ1) is 12.0. The van der Waals surface area contributed by atoms with E-state index in [1.807, 2.05) is 11.6 Å². The van der Waals surface area contributed by atoms with Crippen LogP contribution in [0.25, 0.3) is 0 Å². The van der Waals surface area contributed by atoms with Crippen LogP contribution in [0.4, 0.5) is 0 Å². The van der Waals surface area contributed by atoms with Crippen molar-refractivity contribution in [3.8, 4) is 0 Å². The topological polar surface area (TPSA) is 28.2 Å². The number of hydrogen-bond acceptors (Lipinski definition) is 4. The largest absolute Gasteiger partial charge is 0.308 e. The van der Waals surface area contributed by atoms with Gasteiger partial charge in [0.25, 0.3) is 0 Å². The molecule has 3 nitrogen and oxygen atoms in total. The quantitative estimate of drug-likeness (QED) is 0.853. The van der Waals surface area contributed by atoms with Crippen LogP contribution in [0.2, 0.25) is 0 Å². The fourth-order valence-corrected chi connectivity index (χ4v) is 2.82. The normalized spacial score (nSPS) is 19.1. The van der Waals surface area contributed by atoms with Gasteiger partial charge >= 0.3 is 0 Å². The van der Waals surface area contributed by atoms with Crippen LogP contribution in [-0.2, 0) is 6.54 Å². The van der Waals surface area contributed by atoms with E-state index < -0.39 is 0 Å². The van der Waals surface area contributed by atoms with Crippen molar-refractivity contribution >= 4 is 11.3 Å². The van der Waals surface area contributed by atoms with E-state index in [2.05, 4.69) is 22.1 Å². The lowest BCUT2D eigenvalue weighted by Gasteiger charge is -2.32. The number of nitrogens with zero attached hydrogens (tertiary/aromatic N) is 2. The molecule has 0 radical (unpaired) electrons. The smallest absolute Gasteiger partial charge is 0.106 e. The Hall–Kier alpha value is -0.450. The number of piperidine rings is 1. The second-order valence-corrected chi connectivity index (χ2v) is 5.40. The molecule has 1 fully saturated rings. The van der Waals surface area contributed by atoms with Gasteiger partial charge < -0.3 is 10.2 Å². The highest BCUT2D eigenvalue weighted by atomic mass is 32.1. The van der Waals surface area contributed by atoms with E-state index >= 15 is 0 Å². The average molecular weight is 239 g/mol. The van der Waals surface area contributed by atoms with Gasteiger partial charge in [0.05, 0.1) is 0 Å². The van der Waals surface area contributed by atoms with Gasteiger partial charge in [-0.1, -0.05) is 6.92 Å². The van der Waals surface area contributed by atoms with Crippen molar-refractivity contribution in [3.63, 3.8) is 0 Å². The molecule has 0 atom stereocenters. The number of hydrogen-bond donors (Lipinski definition) is 1. The minimum Gasteiger partial charge on any atom is -0.308 e. The molecule has 0 spiro atoms. The first-order valence-corrected chi connectivity index (χ1v) is 7.10. The van der Waals surface area contributed by atoms with Gasteiger partial charge in [0.15, 0.2) is 0 Å². The number of aromatic nitrogens is 1. The Kier molecular flexibility index (Phi) is 4.75. The molecule has 1 aliphatic heterocycles. The van der Waals surface area contributed by atoms with Crippen molar-refractivity contribution in [3.05, 3.63) is 16.6 Å². The lowest BCUT2D eigenvalue weighted by Crippen LogP contribution is -2.42. The van der Waals surface area contributed by atoms with E-state index in [1.165, 1.54) is 43.9 Å². The van der Waals surface area contributed by atoms with Crippen molar-refractivity contribution in [1.29, 1.82) is 0 Å². The molecule has 1 aromatic rings. The first-order chi connectivity index (χ1) is 7.88. The van der Waals surface area contributed by atoms with Crippen LogP contribution in [0.5, 0.6) is 0 Å². The van der Waals surface area contributed by atoms with Crippen molar-refractivity contribution in [2.75, 3.05) is 19.6 Å². The highest BCUT2D eigenvalue weighted by Gasteiger charge is 2.17. The Balaban J connectivity index is 1.65. The Morgan fingerprint density at radius 2 is 2.31 bits per heavy atom. The molecule has 0 aliphatic carbocycles. The molecule has 0 aromatic carbocycles. The Morgan fingerprint density at radius 1 is 1.50 bits per heavy atom. The van der Waals surface area contributed by atoms with Crippen LogP contribution >= 0.6 is 11.3 Å². The molecule has 0 unspecified atom stereocenters. The molecule has 16 heavy (non-hydrogen) atoms. The van der Waals surface area contributed by atoms with E-state index in [0.29, 0.717) is 6.04 Å². The molecule has 1 aliphatic rings. The van der Waals surface area contributed by atoms with Gasteiger partial charge in [0.1, 0.15) is 5.01 Å². The van der Waals surface area contributed by atoms with Gasteiger partial charge in [-0.2, -0.15) is 0 Å². The summed E-state index contributed by atoms with van der Waals surface area (Å²) in [5.74, 6) is 0. The van der Waals surface area contributed by atoms with Crippen LogP contribution < -0.4 is 5.32 Å². The standard InChI is InChI=1S/C12H21N3S/c1-2-6-15-7-3-11(4-8-15)14-10-12-13-5-9-16-12/h5,9,11,14H,2-4,6-8,10H2,1H3. The third kappa shape index (κ3) is 3.54. The fraction of sp³-hybridized carbons (Fsp3) is 0.750. The van der Waals surface area contributed by atoms with E-state index in [0.717, 1.165) is 6.54 Å². The lowest BCUT2D eigenvalue weighted by molar-refractivity contribution is 0.197. The molecule has 1 saturated heterocycles. The summed E-state index contributed by atoms with van der Waals surface area (Å²) in [5, 5.41) is 6.86. The van der Waals surface area contributed by atoms with Crippen LogP contribution in [-0.4, -0.2) is 35.6 Å². The maximum atomic E-state index is 4.29. The SMILES string of the molecule is CCCN1CCC(NCc2nccs2)CC1.